The summed E-state index contributed by atoms with van der Waals surface area (Å²) in [7, 11) is 0. The number of hydrogen-bond donors (Lipinski definition) is 0. The van der Waals surface area contributed by atoms with Crippen molar-refractivity contribution in [2.75, 3.05) is 33.6 Å². The summed E-state index contributed by atoms with van der Waals surface area (Å²) in [6.45, 7) is 20.4. The van der Waals surface area contributed by atoms with Gasteiger partial charge in [0.15, 0.2) is 20.4 Å². The molecule has 10 rings (SSSR count). The summed E-state index contributed by atoms with van der Waals surface area (Å²) in [5, 5.41) is 0. The Bertz CT molecular complexity index is 1870. The zero-order chi connectivity index (χ0) is 52.8. The number of fused-ring (bicyclic) bond motifs is 6. The van der Waals surface area contributed by atoms with E-state index in [0.29, 0.717) is 42.8 Å². The third kappa shape index (κ3) is 16.9. The van der Waals surface area contributed by atoms with Gasteiger partial charge in [-0.2, -0.15) is 0 Å². The second-order valence-corrected chi connectivity index (χ2v) is 25.0. The first-order valence-electron chi connectivity index (χ1n) is 28.7. The first kappa shape index (κ1) is 70.8. The van der Waals surface area contributed by atoms with E-state index >= 15 is 0 Å². The van der Waals surface area contributed by atoms with E-state index in [9.17, 15) is 28.8 Å². The van der Waals surface area contributed by atoms with Gasteiger partial charge in [0.05, 0.1) is 40.6 Å². The molecule has 13 atom stereocenters. The molecule has 15 heteroatoms. The van der Waals surface area contributed by atoms with Crippen molar-refractivity contribution in [3.8, 4) is 0 Å². The molecule has 0 aromatic rings. The molecule has 15 nitrogen and oxygen atoms in total. The summed E-state index contributed by atoms with van der Waals surface area (Å²) in [5.41, 5.74) is -0.933. The van der Waals surface area contributed by atoms with E-state index in [1.165, 1.54) is 32.1 Å². The molecule has 454 valence electrons. The molecule has 0 amide bonds. The molecule has 10 bridgehead atoms. The highest BCUT2D eigenvalue weighted by atomic mass is 16.7. The van der Waals surface area contributed by atoms with Crippen molar-refractivity contribution in [3.05, 3.63) is 0 Å². The summed E-state index contributed by atoms with van der Waals surface area (Å²) in [4.78, 5) is 73.8. The van der Waals surface area contributed by atoms with Crippen LogP contribution in [0.25, 0.3) is 0 Å². The van der Waals surface area contributed by atoms with Crippen LogP contribution in [-0.2, 0) is 71.4 Å². The number of ether oxygens (including phenoxy) is 9. The molecular weight excluding hydrogens is 997 g/mol. The van der Waals surface area contributed by atoms with Gasteiger partial charge in [-0.15, -0.1) is 0 Å². The van der Waals surface area contributed by atoms with Crippen LogP contribution in [0, 0.1) is 93.7 Å². The summed E-state index contributed by atoms with van der Waals surface area (Å²) >= 11 is 0. The Kier molecular flexibility index (Phi) is 28.3. The molecule has 0 radical (unpaired) electrons. The fourth-order valence-electron chi connectivity index (χ4n) is 14.4. The molecule has 10 fully saturated rings. The standard InChI is InChI=1S/C25H38O5.C17H28O5.C16H26O5.5CH4/c1-4-25(2,3)24(27)30-21-12-16-10-19(21)20(11-16)23(26)29-13-28-22-17-6-14-5-15(8-17)9-18(22)7-14;1-5-17(3,4)16(19)22-14-9-11-7-12(14)13(8-11)15(18)21-10-20-6-2;1-4-10(3)15(17)21-14-8-11-6-12(14)13(7-11)16(18)20-9-19-5-2;;;;;/h14-22H,4-13H2,1-3H3;11-14H,5-10H2,1-4H3;10-14H,4-9H2,1-3H3;5*1H4. The minimum Gasteiger partial charge on any atom is -0.462 e. The minimum atomic E-state index is -0.468. The molecule has 0 heterocycles. The van der Waals surface area contributed by atoms with E-state index in [0.717, 1.165) is 88.9 Å². The van der Waals surface area contributed by atoms with Gasteiger partial charge in [0.25, 0.3) is 0 Å². The van der Waals surface area contributed by atoms with Crippen molar-refractivity contribution in [2.24, 2.45) is 93.7 Å². The fourth-order valence-corrected chi connectivity index (χ4v) is 14.4. The molecule has 0 aliphatic heterocycles. The number of rotatable bonds is 21. The van der Waals surface area contributed by atoms with Gasteiger partial charge in [0.2, 0.25) is 0 Å². The third-order valence-electron chi connectivity index (χ3n) is 19.4. The van der Waals surface area contributed by atoms with Crippen LogP contribution in [0.5, 0.6) is 0 Å². The van der Waals surface area contributed by atoms with Crippen molar-refractivity contribution in [2.45, 2.75) is 240 Å². The van der Waals surface area contributed by atoms with E-state index in [4.69, 9.17) is 42.6 Å². The van der Waals surface area contributed by atoms with Gasteiger partial charge in [0, 0.05) is 31.0 Å². The maximum Gasteiger partial charge on any atom is 0.311 e. The van der Waals surface area contributed by atoms with Gasteiger partial charge in [-0.1, -0.05) is 64.8 Å². The smallest absolute Gasteiger partial charge is 0.311 e. The van der Waals surface area contributed by atoms with Crippen LogP contribution in [0.4, 0.5) is 0 Å². The minimum absolute atomic E-state index is 0. The zero-order valence-corrected chi connectivity index (χ0v) is 46.1. The monoisotopic (exact) mass is 1110 g/mol. The van der Waals surface area contributed by atoms with Crippen molar-refractivity contribution >= 4 is 35.8 Å². The van der Waals surface area contributed by atoms with Crippen LogP contribution in [0.1, 0.15) is 216 Å². The lowest BCUT2D eigenvalue weighted by Crippen LogP contribution is -2.49. The zero-order valence-electron chi connectivity index (χ0n) is 46.1. The Morgan fingerprint density at radius 1 is 0.436 bits per heavy atom. The molecule has 0 aromatic carbocycles. The number of carbonyl (C=O) groups excluding carboxylic acids is 6. The molecule has 0 spiro atoms. The van der Waals surface area contributed by atoms with E-state index in [1.807, 2.05) is 69.2 Å². The van der Waals surface area contributed by atoms with Crippen molar-refractivity contribution in [3.63, 3.8) is 0 Å². The Labute approximate surface area is 472 Å². The molecule has 0 N–H and O–H groups in total. The van der Waals surface area contributed by atoms with Gasteiger partial charge >= 0.3 is 35.8 Å². The highest BCUT2D eigenvalue weighted by Gasteiger charge is 2.55. The highest BCUT2D eigenvalue weighted by molar-refractivity contribution is 5.78. The van der Waals surface area contributed by atoms with Crippen LogP contribution in [-0.4, -0.2) is 93.8 Å². The molecule has 0 saturated heterocycles. The summed E-state index contributed by atoms with van der Waals surface area (Å²) in [5.74, 6) is 3.43. The van der Waals surface area contributed by atoms with Crippen LogP contribution in [0.15, 0.2) is 0 Å². The molecule has 10 aliphatic rings. The summed E-state index contributed by atoms with van der Waals surface area (Å²) < 4.78 is 49.4. The number of carbonyl (C=O) groups is 6. The maximum atomic E-state index is 12.8. The first-order chi connectivity index (χ1) is 34.8. The second-order valence-electron chi connectivity index (χ2n) is 25.0. The van der Waals surface area contributed by atoms with Crippen LogP contribution >= 0.6 is 0 Å². The maximum absolute atomic E-state index is 12.8. The Balaban J connectivity index is 0.000000396. The van der Waals surface area contributed by atoms with Crippen molar-refractivity contribution < 1.29 is 71.4 Å². The molecular formula is C63H112O15. The van der Waals surface area contributed by atoms with Gasteiger partial charge in [-0.25, -0.2) is 0 Å². The predicted molar refractivity (Wildman–Crippen MR) is 302 cm³/mol. The van der Waals surface area contributed by atoms with Gasteiger partial charge in [0.1, 0.15) is 18.3 Å². The summed E-state index contributed by atoms with van der Waals surface area (Å²) in [6.07, 6.45) is 16.9. The van der Waals surface area contributed by atoms with Crippen molar-refractivity contribution in [1.29, 1.82) is 0 Å². The topological polar surface area (TPSA) is 185 Å². The molecule has 10 aliphatic carbocycles. The largest absolute Gasteiger partial charge is 0.462 e. The second kappa shape index (κ2) is 31.2. The van der Waals surface area contributed by atoms with Gasteiger partial charge in [-0.05, 0) is 192 Å². The molecule has 10 saturated carbocycles. The third-order valence-corrected chi connectivity index (χ3v) is 19.4. The fraction of sp³-hybridized carbons (Fsp3) is 0.905. The predicted octanol–water partition coefficient (Wildman–Crippen LogP) is 13.3. The van der Waals surface area contributed by atoms with Crippen LogP contribution < -0.4 is 0 Å². The first-order valence-corrected chi connectivity index (χ1v) is 28.7. The van der Waals surface area contributed by atoms with Crippen LogP contribution in [0.3, 0.4) is 0 Å². The van der Waals surface area contributed by atoms with Crippen LogP contribution in [0.2, 0.25) is 0 Å². The quantitative estimate of drug-likeness (QED) is 0.0457. The normalized spacial score (nSPS) is 34.0. The SMILES string of the molecule is C.C.C.C.C.CCC(C)(C)C(=O)OC1CC2CC(C(=O)OCOC3C4CC5CC(C4)CC3C5)C1C2.CCOCOC(=O)C1CC2CC(OC(=O)C(C)(C)CC)C1C2.CCOCOC(=O)C1CC2CC(OC(=O)C(C)CC)C1C2. The summed E-state index contributed by atoms with van der Waals surface area (Å²) in [6, 6.07) is 0. The Hall–Kier alpha value is -3.30. The Morgan fingerprint density at radius 2 is 0.769 bits per heavy atom. The average molecular weight is 1110 g/mol. The average Bonchev–Trinajstić information content (AvgIpc) is 4.25. The van der Waals surface area contributed by atoms with E-state index < -0.39 is 10.8 Å². The lowest BCUT2D eigenvalue weighted by Gasteiger charge is -2.53. The molecule has 0 aromatic heterocycles. The van der Waals surface area contributed by atoms with E-state index in [-0.39, 0.29) is 159 Å². The Morgan fingerprint density at radius 3 is 1.09 bits per heavy atom. The highest BCUT2D eigenvalue weighted by Crippen LogP contribution is 2.56. The van der Waals surface area contributed by atoms with Crippen molar-refractivity contribution in [1.82, 2.24) is 0 Å². The lowest BCUT2D eigenvalue weighted by molar-refractivity contribution is -0.193. The number of esters is 6. The van der Waals surface area contributed by atoms with Gasteiger partial charge < -0.3 is 42.6 Å². The van der Waals surface area contributed by atoms with E-state index in [1.54, 1.807) is 0 Å². The number of hydrogen-bond acceptors (Lipinski definition) is 15. The molecule has 78 heavy (non-hydrogen) atoms. The van der Waals surface area contributed by atoms with E-state index in [2.05, 4.69) is 0 Å². The molecule has 13 unspecified atom stereocenters. The lowest BCUT2D eigenvalue weighted by atomic mass is 9.55. The van der Waals surface area contributed by atoms with Gasteiger partial charge in [-0.3, -0.25) is 28.8 Å².